The van der Waals surface area contributed by atoms with Crippen LogP contribution in [-0.4, -0.2) is 42.8 Å². The van der Waals surface area contributed by atoms with Crippen molar-refractivity contribution in [1.29, 1.82) is 0 Å². The van der Waals surface area contributed by atoms with Gasteiger partial charge in [-0.15, -0.1) is 0 Å². The summed E-state index contributed by atoms with van der Waals surface area (Å²) in [5.41, 5.74) is 0.885. The van der Waals surface area contributed by atoms with Crippen LogP contribution in [0.3, 0.4) is 0 Å². The molecule has 6 nitrogen and oxygen atoms in total. The Morgan fingerprint density at radius 3 is 2.47 bits per heavy atom. The number of nitrogens with one attached hydrogen (secondary N) is 1. The predicted octanol–water partition coefficient (Wildman–Crippen LogP) is -0.154. The molecule has 0 fully saturated rings. The number of H-pyrrole nitrogens is 1. The molecular formula is C8H13N3O3S. The molecule has 1 aromatic heterocycles. The van der Waals surface area contributed by atoms with Crippen molar-refractivity contribution in [2.24, 2.45) is 0 Å². The van der Waals surface area contributed by atoms with Gasteiger partial charge in [-0.2, -0.15) is 9.40 Å². The highest BCUT2D eigenvalue weighted by atomic mass is 32.2. The number of aromatic amines is 1. The fourth-order valence-electron chi connectivity index (χ4n) is 1.28. The van der Waals surface area contributed by atoms with E-state index in [-0.39, 0.29) is 11.4 Å². The zero-order chi connectivity index (χ0) is 11.6. The van der Waals surface area contributed by atoms with E-state index in [1.807, 2.05) is 0 Å². The fraction of sp³-hybridized carbons (Fsp3) is 0.500. The van der Waals surface area contributed by atoms with Gasteiger partial charge in [-0.25, -0.2) is 8.42 Å². The summed E-state index contributed by atoms with van der Waals surface area (Å²) in [5, 5.41) is 6.40. The van der Waals surface area contributed by atoms with Gasteiger partial charge in [-0.05, 0) is 13.8 Å². The molecule has 0 amide bonds. The molecule has 0 saturated heterocycles. The minimum Gasteiger partial charge on any atom is -0.302 e. The minimum absolute atomic E-state index is 0.145. The summed E-state index contributed by atoms with van der Waals surface area (Å²) in [6, 6.07) is 0. The first kappa shape index (κ1) is 11.9. The summed E-state index contributed by atoms with van der Waals surface area (Å²) in [7, 11) is -2.25. The van der Waals surface area contributed by atoms with Gasteiger partial charge in [-0.3, -0.25) is 5.10 Å². The van der Waals surface area contributed by atoms with Gasteiger partial charge < -0.3 is 4.79 Å². The molecule has 0 aliphatic rings. The zero-order valence-electron chi connectivity index (χ0n) is 8.81. The van der Waals surface area contributed by atoms with E-state index in [0.29, 0.717) is 17.7 Å². The van der Waals surface area contributed by atoms with E-state index in [0.717, 1.165) is 4.31 Å². The smallest absolute Gasteiger partial charge is 0.246 e. The topological polar surface area (TPSA) is 83.1 Å². The molecule has 0 atom stereocenters. The van der Waals surface area contributed by atoms with Crippen LogP contribution in [0.5, 0.6) is 0 Å². The lowest BCUT2D eigenvalue weighted by Crippen LogP contribution is -2.29. The Kier molecular flexibility index (Phi) is 3.25. The van der Waals surface area contributed by atoms with Crippen LogP contribution in [-0.2, 0) is 14.8 Å². The van der Waals surface area contributed by atoms with Crippen LogP contribution >= 0.6 is 0 Å². The standard InChI is InChI=1S/C8H13N3O3S/c1-6-8(7(2)10-9-6)15(13,14)11(3)4-5-12/h5H,4H2,1-3H3,(H,9,10). The average Bonchev–Trinajstić information content (AvgIpc) is 2.46. The molecule has 1 N–H and O–H groups in total. The largest absolute Gasteiger partial charge is 0.302 e. The number of sulfonamides is 1. The van der Waals surface area contributed by atoms with E-state index in [1.54, 1.807) is 13.8 Å². The average molecular weight is 231 g/mol. The highest BCUT2D eigenvalue weighted by molar-refractivity contribution is 7.89. The molecule has 0 aliphatic heterocycles. The molecule has 15 heavy (non-hydrogen) atoms. The van der Waals surface area contributed by atoms with E-state index < -0.39 is 10.0 Å². The quantitative estimate of drug-likeness (QED) is 0.730. The van der Waals surface area contributed by atoms with Gasteiger partial charge >= 0.3 is 0 Å². The summed E-state index contributed by atoms with van der Waals surface area (Å²) >= 11 is 0. The first-order valence-electron chi connectivity index (χ1n) is 4.32. The van der Waals surface area contributed by atoms with Crippen LogP contribution in [0.4, 0.5) is 0 Å². The highest BCUT2D eigenvalue weighted by Gasteiger charge is 2.26. The molecule has 0 unspecified atom stereocenters. The van der Waals surface area contributed by atoms with Gasteiger partial charge in [0.05, 0.1) is 17.9 Å². The Morgan fingerprint density at radius 2 is 2.07 bits per heavy atom. The number of nitrogens with zero attached hydrogens (tertiary/aromatic N) is 2. The number of hydrogen-bond donors (Lipinski definition) is 1. The van der Waals surface area contributed by atoms with Gasteiger partial charge in [0.25, 0.3) is 0 Å². The maximum absolute atomic E-state index is 11.9. The second kappa shape index (κ2) is 4.11. The number of aldehydes is 1. The van der Waals surface area contributed by atoms with Crippen LogP contribution in [0.2, 0.25) is 0 Å². The Balaban J connectivity index is 3.22. The zero-order valence-corrected chi connectivity index (χ0v) is 9.63. The number of aryl methyl sites for hydroxylation is 2. The lowest BCUT2D eigenvalue weighted by atomic mass is 10.4. The molecular weight excluding hydrogens is 218 g/mol. The first-order valence-corrected chi connectivity index (χ1v) is 5.76. The Bertz CT molecular complexity index is 444. The maximum atomic E-state index is 11.9. The molecule has 0 aromatic carbocycles. The van der Waals surface area contributed by atoms with Gasteiger partial charge in [-0.1, -0.05) is 0 Å². The molecule has 0 saturated carbocycles. The van der Waals surface area contributed by atoms with Crippen molar-refractivity contribution >= 4 is 16.3 Å². The lowest BCUT2D eigenvalue weighted by molar-refractivity contribution is -0.107. The van der Waals surface area contributed by atoms with Crippen LogP contribution < -0.4 is 0 Å². The van der Waals surface area contributed by atoms with E-state index in [9.17, 15) is 13.2 Å². The molecule has 0 spiro atoms. The predicted molar refractivity (Wildman–Crippen MR) is 53.9 cm³/mol. The van der Waals surface area contributed by atoms with Gasteiger partial charge in [0, 0.05) is 7.05 Å². The SMILES string of the molecule is Cc1n[nH]c(C)c1S(=O)(=O)N(C)CC=O. The second-order valence-electron chi connectivity index (χ2n) is 3.22. The number of carbonyl (C=O) groups excluding carboxylic acids is 1. The van der Waals surface area contributed by atoms with Crippen molar-refractivity contribution in [3.63, 3.8) is 0 Å². The van der Waals surface area contributed by atoms with E-state index in [4.69, 9.17) is 0 Å². The molecule has 7 heteroatoms. The molecule has 84 valence electrons. The maximum Gasteiger partial charge on any atom is 0.246 e. The van der Waals surface area contributed by atoms with E-state index >= 15 is 0 Å². The summed E-state index contributed by atoms with van der Waals surface area (Å²) < 4.78 is 24.9. The summed E-state index contributed by atoms with van der Waals surface area (Å²) in [6.07, 6.45) is 0.544. The Morgan fingerprint density at radius 1 is 1.47 bits per heavy atom. The number of hydrogen-bond acceptors (Lipinski definition) is 4. The second-order valence-corrected chi connectivity index (χ2v) is 5.20. The molecule has 0 radical (unpaired) electrons. The Hall–Kier alpha value is -1.21. The van der Waals surface area contributed by atoms with E-state index in [1.165, 1.54) is 7.05 Å². The van der Waals surface area contributed by atoms with Crippen molar-refractivity contribution in [2.45, 2.75) is 18.7 Å². The molecule has 0 bridgehead atoms. The number of aromatic nitrogens is 2. The van der Waals surface area contributed by atoms with Crippen LogP contribution in [0.15, 0.2) is 4.90 Å². The molecule has 1 rings (SSSR count). The molecule has 1 heterocycles. The van der Waals surface area contributed by atoms with Crippen molar-refractivity contribution in [3.05, 3.63) is 11.4 Å². The summed E-state index contributed by atoms with van der Waals surface area (Å²) in [6.45, 7) is 3.07. The van der Waals surface area contributed by atoms with Crippen molar-refractivity contribution < 1.29 is 13.2 Å². The van der Waals surface area contributed by atoms with E-state index in [2.05, 4.69) is 10.2 Å². The number of likely N-dealkylation sites (N-methyl/N-ethyl adjacent to an activating group) is 1. The summed E-state index contributed by atoms with van der Waals surface area (Å²) in [5.74, 6) is 0. The van der Waals surface area contributed by atoms with Gasteiger partial charge in [0.1, 0.15) is 11.2 Å². The first-order chi connectivity index (χ1) is 6.91. The monoisotopic (exact) mass is 231 g/mol. The Labute approximate surface area is 88.3 Å². The van der Waals surface area contributed by atoms with Crippen LogP contribution in [0, 0.1) is 13.8 Å². The van der Waals surface area contributed by atoms with Crippen LogP contribution in [0.1, 0.15) is 11.4 Å². The number of carbonyl (C=O) groups is 1. The normalized spacial score (nSPS) is 12.0. The minimum atomic E-state index is -3.61. The highest BCUT2D eigenvalue weighted by Crippen LogP contribution is 2.19. The van der Waals surface area contributed by atoms with Gasteiger partial charge in [0.15, 0.2) is 0 Å². The van der Waals surface area contributed by atoms with Crippen molar-refractivity contribution in [2.75, 3.05) is 13.6 Å². The summed E-state index contributed by atoms with van der Waals surface area (Å²) in [4.78, 5) is 10.4. The van der Waals surface area contributed by atoms with Crippen molar-refractivity contribution in [3.8, 4) is 0 Å². The van der Waals surface area contributed by atoms with Gasteiger partial charge in [0.2, 0.25) is 10.0 Å². The molecule has 0 aliphatic carbocycles. The number of rotatable bonds is 4. The third-order valence-electron chi connectivity index (χ3n) is 2.06. The molecule has 1 aromatic rings. The van der Waals surface area contributed by atoms with Crippen molar-refractivity contribution in [1.82, 2.24) is 14.5 Å². The third-order valence-corrected chi connectivity index (χ3v) is 4.15. The van der Waals surface area contributed by atoms with Crippen LogP contribution in [0.25, 0.3) is 0 Å². The third kappa shape index (κ3) is 2.07. The fourth-order valence-corrected chi connectivity index (χ4v) is 2.70. The lowest BCUT2D eigenvalue weighted by Gasteiger charge is -2.13.